The normalized spacial score (nSPS) is 0.750. The van der Waals surface area contributed by atoms with Gasteiger partial charge in [-0.2, -0.15) is 0 Å². The molecule has 0 saturated carbocycles. The molecule has 0 N–H and O–H groups in total. The number of hydrogen-bond acceptors (Lipinski definition) is 2. The Kier molecular flexibility index (Phi) is 478. The Morgan fingerprint density at radius 3 is 0.625 bits per heavy atom. The van der Waals surface area contributed by atoms with E-state index in [1.54, 1.807) is 0 Å². The van der Waals surface area contributed by atoms with Crippen LogP contribution >= 0.6 is 0 Å². The molecule has 4 radical (unpaired) electrons. The molecular weight excluding hydrogens is 501 g/mol. The molecule has 0 aliphatic carbocycles. The van der Waals surface area contributed by atoms with Crippen LogP contribution in [0.25, 0.3) is 0 Å². The Morgan fingerprint density at radius 1 is 0.625 bits per heavy atom. The van der Waals surface area contributed by atoms with Crippen LogP contribution in [0.3, 0.4) is 0 Å². The van der Waals surface area contributed by atoms with Gasteiger partial charge in [0, 0.05) is 110 Å². The van der Waals surface area contributed by atoms with E-state index in [9.17, 15) is 0 Å². The Bertz CT molecular complexity index is 16.0. The molecule has 0 amide bonds. The van der Waals surface area contributed by atoms with Crippen molar-refractivity contribution in [2.24, 2.45) is 0 Å². The van der Waals surface area contributed by atoms with Gasteiger partial charge in [0.2, 0.25) is 0 Å². The molecule has 0 bridgehead atoms. The SMILES string of the molecule is [Co].[Co].[Cu].[Cu].[Mo].[Mo].[S-][S-]. The van der Waals surface area contributed by atoms with Crippen molar-refractivity contribution in [2.75, 3.05) is 0 Å². The molecule has 66 valence electrons. The summed E-state index contributed by atoms with van der Waals surface area (Å²) >= 11 is 7.33. The number of rotatable bonds is 0. The van der Waals surface area contributed by atoms with Gasteiger partial charge in [0.25, 0.3) is 0 Å². The molecule has 0 atom stereocenters. The van der Waals surface area contributed by atoms with E-state index >= 15 is 0 Å². The van der Waals surface area contributed by atoms with Crippen molar-refractivity contribution in [2.45, 2.75) is 0 Å². The van der Waals surface area contributed by atoms with Crippen molar-refractivity contribution in [3.8, 4) is 0 Å². The van der Waals surface area contributed by atoms with Gasteiger partial charge in [-0.05, 0) is 0 Å². The topological polar surface area (TPSA) is 0 Å². The molecule has 0 rings (SSSR count). The quantitative estimate of drug-likeness (QED) is 0.261. The molecule has 0 heterocycles. The molecule has 0 aromatic carbocycles. The molecular formula is Co2Cu2Mo2S2-2. The van der Waals surface area contributed by atoms with Crippen LogP contribution in [0.1, 0.15) is 0 Å². The first kappa shape index (κ1) is 57.1. The maximum atomic E-state index is 3.67. The van der Waals surface area contributed by atoms with Gasteiger partial charge in [-0.25, -0.2) is 0 Å². The van der Waals surface area contributed by atoms with Gasteiger partial charge in [-0.3, -0.25) is 0 Å². The van der Waals surface area contributed by atoms with Gasteiger partial charge < -0.3 is 23.3 Å². The van der Waals surface area contributed by atoms with Gasteiger partial charge in [-0.1, -0.05) is 0 Å². The van der Waals surface area contributed by atoms with Crippen molar-refractivity contribution in [3.63, 3.8) is 0 Å². The third kappa shape index (κ3) is 49.5. The van der Waals surface area contributed by atoms with E-state index in [-0.39, 0.29) is 110 Å². The monoisotopic (exact) mass is 503 g/mol. The van der Waals surface area contributed by atoms with Gasteiger partial charge in [-0.15, -0.1) is 0 Å². The van der Waals surface area contributed by atoms with E-state index in [2.05, 4.69) is 23.3 Å². The molecule has 0 aliphatic rings. The smallest absolute Gasteiger partial charge is 0 e. The molecule has 8 heteroatoms. The van der Waals surface area contributed by atoms with Crippen molar-refractivity contribution in [1.29, 1.82) is 0 Å². The maximum Gasteiger partial charge on any atom is 0 e. The van der Waals surface area contributed by atoms with Crippen molar-refractivity contribution < 1.29 is 110 Å². The van der Waals surface area contributed by atoms with E-state index in [0.29, 0.717) is 0 Å². The Labute approximate surface area is 131 Å². The third-order valence-corrected chi connectivity index (χ3v) is 0. The zero-order chi connectivity index (χ0) is 2.00. The van der Waals surface area contributed by atoms with Crippen molar-refractivity contribution >= 4 is 23.3 Å². The van der Waals surface area contributed by atoms with Gasteiger partial charge in [0.1, 0.15) is 0 Å². The van der Waals surface area contributed by atoms with Crippen LogP contribution in [0, 0.1) is 0 Å². The first-order valence-corrected chi connectivity index (χ1v) is 1.50. The second kappa shape index (κ2) is 67.0. The van der Waals surface area contributed by atoms with Crippen LogP contribution in [0.4, 0.5) is 0 Å². The fraction of sp³-hybridized carbons (Fsp3) is 0. The fourth-order valence-corrected chi connectivity index (χ4v) is 0. The van der Waals surface area contributed by atoms with Gasteiger partial charge in [0.05, 0.1) is 0 Å². The Balaban J connectivity index is -0.000000000333. The van der Waals surface area contributed by atoms with Crippen molar-refractivity contribution in [3.05, 3.63) is 0 Å². The first-order chi connectivity index (χ1) is 1.00. The fourth-order valence-electron chi connectivity index (χ4n) is 0. The molecule has 0 saturated heterocycles. The van der Waals surface area contributed by atoms with Gasteiger partial charge >= 0.3 is 0 Å². The van der Waals surface area contributed by atoms with E-state index < -0.39 is 0 Å². The number of hydrogen-bond donors (Lipinski definition) is 0. The largest absolute Gasteiger partial charge is 1.00 e. The minimum absolute atomic E-state index is 0. The molecule has 0 aromatic rings. The average molecular weight is 501 g/mol. The Morgan fingerprint density at radius 2 is 0.625 bits per heavy atom. The van der Waals surface area contributed by atoms with Crippen LogP contribution in [0.5, 0.6) is 0 Å². The molecule has 0 spiro atoms. The summed E-state index contributed by atoms with van der Waals surface area (Å²) in [5.41, 5.74) is 0. The molecule has 0 aromatic heterocycles. The minimum Gasteiger partial charge on any atom is -1.00 e. The average Bonchev–Trinajstić information content (AvgIpc) is 1.00. The third-order valence-electron chi connectivity index (χ3n) is 0. The molecule has 0 unspecified atom stereocenters. The van der Waals surface area contributed by atoms with Gasteiger partial charge in [0.15, 0.2) is 0 Å². The van der Waals surface area contributed by atoms with Crippen LogP contribution in [0.15, 0.2) is 0 Å². The molecule has 8 heavy (non-hydrogen) atoms. The predicted octanol–water partition coefficient (Wildman–Crippen LogP) is -0.0198. The van der Waals surface area contributed by atoms with Crippen LogP contribution in [0.2, 0.25) is 0 Å². The summed E-state index contributed by atoms with van der Waals surface area (Å²) in [7, 11) is 0. The first-order valence-electron chi connectivity index (χ1n) is 0.167. The molecule has 0 nitrogen and oxygen atoms in total. The van der Waals surface area contributed by atoms with E-state index in [0.717, 1.165) is 0 Å². The van der Waals surface area contributed by atoms with Crippen LogP contribution < -0.4 is 0 Å². The maximum absolute atomic E-state index is 3.67. The van der Waals surface area contributed by atoms with E-state index in [1.807, 2.05) is 0 Å². The molecule has 0 fully saturated rings. The van der Waals surface area contributed by atoms with Crippen molar-refractivity contribution in [1.82, 2.24) is 0 Å². The zero-order valence-electron chi connectivity index (χ0n) is 2.90. The van der Waals surface area contributed by atoms with E-state index in [1.165, 1.54) is 0 Å². The standard InChI is InChI=1S/2Co.2Cu.2Mo.S2/c;;;;;;1-2/q;;;;;;-2. The summed E-state index contributed by atoms with van der Waals surface area (Å²) in [6.07, 6.45) is 0. The second-order valence-electron chi connectivity index (χ2n) is 0. The van der Waals surface area contributed by atoms with E-state index in [4.69, 9.17) is 0 Å². The summed E-state index contributed by atoms with van der Waals surface area (Å²) in [6, 6.07) is 0. The summed E-state index contributed by atoms with van der Waals surface area (Å²) in [5.74, 6) is 0. The van der Waals surface area contributed by atoms with Crippen LogP contribution in [-0.2, 0) is 133 Å². The summed E-state index contributed by atoms with van der Waals surface area (Å²) in [5, 5.41) is 0. The summed E-state index contributed by atoms with van der Waals surface area (Å²) in [4.78, 5) is 0. The predicted molar refractivity (Wildman–Crippen MR) is 14.7 cm³/mol. The summed E-state index contributed by atoms with van der Waals surface area (Å²) < 4.78 is 0. The zero-order valence-corrected chi connectivity index (χ0v) is 12.5. The Hall–Kier alpha value is 4.13. The minimum atomic E-state index is 0. The van der Waals surface area contributed by atoms with Crippen LogP contribution in [-0.4, -0.2) is 0 Å². The second-order valence-corrected chi connectivity index (χ2v) is 0. The molecule has 0 aliphatic heterocycles. The summed E-state index contributed by atoms with van der Waals surface area (Å²) in [6.45, 7) is 0.